The van der Waals surface area contributed by atoms with Crippen LogP contribution < -0.4 is 14.8 Å². The molecule has 0 spiro atoms. The van der Waals surface area contributed by atoms with Gasteiger partial charge in [-0.3, -0.25) is 0 Å². The molecule has 0 bridgehead atoms. The fourth-order valence-electron chi connectivity index (χ4n) is 1.86. The van der Waals surface area contributed by atoms with Crippen molar-refractivity contribution in [2.24, 2.45) is 0 Å². The molecule has 1 fully saturated rings. The lowest BCUT2D eigenvalue weighted by atomic mass is 10.2. The van der Waals surface area contributed by atoms with E-state index in [1.165, 1.54) is 0 Å². The standard InChI is InChI=1S/C10H10ClNO2/c11-6-1-2-7-8(3-6)14-10-5-12-4-9(10)13-7/h1-3,9-10,12H,4-5H2. The van der Waals surface area contributed by atoms with E-state index >= 15 is 0 Å². The Morgan fingerprint density at radius 3 is 2.64 bits per heavy atom. The zero-order chi connectivity index (χ0) is 9.54. The summed E-state index contributed by atoms with van der Waals surface area (Å²) in [4.78, 5) is 0. The minimum Gasteiger partial charge on any atom is -0.481 e. The van der Waals surface area contributed by atoms with Crippen LogP contribution in [0.15, 0.2) is 18.2 Å². The first kappa shape index (κ1) is 8.38. The van der Waals surface area contributed by atoms with Crippen LogP contribution in [0.2, 0.25) is 5.02 Å². The van der Waals surface area contributed by atoms with E-state index < -0.39 is 0 Å². The van der Waals surface area contributed by atoms with Crippen LogP contribution in [0.3, 0.4) is 0 Å². The molecule has 74 valence electrons. The Bertz CT molecular complexity index is 369. The average molecular weight is 212 g/mol. The first-order chi connectivity index (χ1) is 6.83. The molecule has 1 N–H and O–H groups in total. The second-order valence-corrected chi connectivity index (χ2v) is 4.00. The summed E-state index contributed by atoms with van der Waals surface area (Å²) in [6, 6.07) is 5.46. The Morgan fingerprint density at radius 2 is 1.86 bits per heavy atom. The number of halogens is 1. The van der Waals surface area contributed by atoms with Gasteiger partial charge in [0, 0.05) is 24.2 Å². The molecule has 1 aromatic rings. The van der Waals surface area contributed by atoms with Gasteiger partial charge in [0.1, 0.15) is 12.2 Å². The summed E-state index contributed by atoms with van der Waals surface area (Å²) >= 11 is 5.87. The van der Waals surface area contributed by atoms with E-state index in [0.29, 0.717) is 5.02 Å². The molecule has 1 saturated heterocycles. The van der Waals surface area contributed by atoms with Gasteiger partial charge in [0.05, 0.1) is 0 Å². The summed E-state index contributed by atoms with van der Waals surface area (Å²) in [5, 5.41) is 3.91. The molecular formula is C10H10ClNO2. The van der Waals surface area contributed by atoms with Gasteiger partial charge in [0.2, 0.25) is 0 Å². The van der Waals surface area contributed by atoms with Gasteiger partial charge >= 0.3 is 0 Å². The zero-order valence-corrected chi connectivity index (χ0v) is 8.25. The average Bonchev–Trinajstić information content (AvgIpc) is 2.61. The van der Waals surface area contributed by atoms with E-state index in [-0.39, 0.29) is 12.2 Å². The topological polar surface area (TPSA) is 30.5 Å². The van der Waals surface area contributed by atoms with Crippen molar-refractivity contribution in [2.45, 2.75) is 12.2 Å². The smallest absolute Gasteiger partial charge is 0.163 e. The molecular weight excluding hydrogens is 202 g/mol. The van der Waals surface area contributed by atoms with E-state index in [1.54, 1.807) is 6.07 Å². The molecule has 0 amide bonds. The lowest BCUT2D eigenvalue weighted by Gasteiger charge is -2.28. The van der Waals surface area contributed by atoms with Crippen molar-refractivity contribution in [3.8, 4) is 11.5 Å². The van der Waals surface area contributed by atoms with Crippen molar-refractivity contribution in [1.29, 1.82) is 0 Å². The number of hydrogen-bond acceptors (Lipinski definition) is 3. The molecule has 0 aromatic heterocycles. The molecule has 0 saturated carbocycles. The third kappa shape index (κ3) is 1.24. The van der Waals surface area contributed by atoms with Gasteiger partial charge in [-0.25, -0.2) is 0 Å². The first-order valence-corrected chi connectivity index (χ1v) is 5.04. The second kappa shape index (κ2) is 3.04. The van der Waals surface area contributed by atoms with Gasteiger partial charge in [-0.1, -0.05) is 11.6 Å². The molecule has 2 atom stereocenters. The molecule has 2 heterocycles. The molecule has 3 rings (SSSR count). The second-order valence-electron chi connectivity index (χ2n) is 3.56. The van der Waals surface area contributed by atoms with Crippen LogP contribution in [0.5, 0.6) is 11.5 Å². The fraction of sp³-hybridized carbons (Fsp3) is 0.400. The van der Waals surface area contributed by atoms with Crippen LogP contribution in [0.4, 0.5) is 0 Å². The maximum absolute atomic E-state index is 5.87. The number of nitrogens with one attached hydrogen (secondary N) is 1. The highest BCUT2D eigenvalue weighted by molar-refractivity contribution is 6.30. The minimum atomic E-state index is 0.126. The van der Waals surface area contributed by atoms with Gasteiger partial charge < -0.3 is 14.8 Å². The third-order valence-electron chi connectivity index (χ3n) is 2.57. The van der Waals surface area contributed by atoms with Crippen molar-refractivity contribution < 1.29 is 9.47 Å². The maximum Gasteiger partial charge on any atom is 0.163 e. The number of fused-ring (bicyclic) bond motifs is 2. The van der Waals surface area contributed by atoms with Crippen molar-refractivity contribution >= 4 is 11.6 Å². The van der Waals surface area contributed by atoms with Crippen molar-refractivity contribution in [1.82, 2.24) is 5.32 Å². The Labute approximate surface area is 87.0 Å². The van der Waals surface area contributed by atoms with E-state index in [9.17, 15) is 0 Å². The number of ether oxygens (including phenoxy) is 2. The molecule has 14 heavy (non-hydrogen) atoms. The summed E-state index contributed by atoms with van der Waals surface area (Å²) in [7, 11) is 0. The summed E-state index contributed by atoms with van der Waals surface area (Å²) < 4.78 is 11.5. The predicted molar refractivity (Wildman–Crippen MR) is 53.2 cm³/mol. The quantitative estimate of drug-likeness (QED) is 0.705. The van der Waals surface area contributed by atoms with Gasteiger partial charge in [0.25, 0.3) is 0 Å². The molecule has 2 aliphatic rings. The van der Waals surface area contributed by atoms with Gasteiger partial charge in [-0.15, -0.1) is 0 Å². The van der Waals surface area contributed by atoms with E-state index in [0.717, 1.165) is 24.6 Å². The van der Waals surface area contributed by atoms with Gasteiger partial charge in [0.15, 0.2) is 11.5 Å². The first-order valence-electron chi connectivity index (χ1n) is 4.66. The highest BCUT2D eigenvalue weighted by Crippen LogP contribution is 2.36. The Hall–Kier alpha value is -0.930. The Kier molecular flexibility index (Phi) is 1.82. The number of hydrogen-bond donors (Lipinski definition) is 1. The molecule has 3 nitrogen and oxygen atoms in total. The SMILES string of the molecule is Clc1ccc2c(c1)OC1CNCC1O2. The Balaban J connectivity index is 1.97. The van der Waals surface area contributed by atoms with Gasteiger partial charge in [-0.05, 0) is 12.1 Å². The number of rotatable bonds is 0. The lowest BCUT2D eigenvalue weighted by Crippen LogP contribution is -2.38. The van der Waals surface area contributed by atoms with E-state index in [4.69, 9.17) is 21.1 Å². The largest absolute Gasteiger partial charge is 0.481 e. The van der Waals surface area contributed by atoms with Crippen LogP contribution in [-0.4, -0.2) is 25.3 Å². The summed E-state index contributed by atoms with van der Waals surface area (Å²) in [5.74, 6) is 1.54. The molecule has 4 heteroatoms. The summed E-state index contributed by atoms with van der Waals surface area (Å²) in [5.41, 5.74) is 0. The van der Waals surface area contributed by atoms with Crippen molar-refractivity contribution in [2.75, 3.05) is 13.1 Å². The molecule has 2 unspecified atom stereocenters. The maximum atomic E-state index is 5.87. The van der Waals surface area contributed by atoms with Gasteiger partial charge in [-0.2, -0.15) is 0 Å². The lowest BCUT2D eigenvalue weighted by molar-refractivity contribution is 0.0553. The van der Waals surface area contributed by atoms with Crippen LogP contribution in [0.25, 0.3) is 0 Å². The molecule has 0 aliphatic carbocycles. The van der Waals surface area contributed by atoms with E-state index in [2.05, 4.69) is 5.32 Å². The number of benzene rings is 1. The van der Waals surface area contributed by atoms with Crippen LogP contribution in [0.1, 0.15) is 0 Å². The molecule has 1 aromatic carbocycles. The highest BCUT2D eigenvalue weighted by atomic mass is 35.5. The molecule has 0 radical (unpaired) electrons. The monoisotopic (exact) mass is 211 g/mol. The van der Waals surface area contributed by atoms with E-state index in [1.807, 2.05) is 12.1 Å². The van der Waals surface area contributed by atoms with Crippen LogP contribution >= 0.6 is 11.6 Å². The van der Waals surface area contributed by atoms with Crippen LogP contribution in [-0.2, 0) is 0 Å². The Morgan fingerprint density at radius 1 is 1.14 bits per heavy atom. The van der Waals surface area contributed by atoms with Crippen molar-refractivity contribution in [3.05, 3.63) is 23.2 Å². The predicted octanol–water partition coefficient (Wildman–Crippen LogP) is 1.45. The highest BCUT2D eigenvalue weighted by Gasteiger charge is 2.35. The minimum absolute atomic E-state index is 0.126. The van der Waals surface area contributed by atoms with Crippen molar-refractivity contribution in [3.63, 3.8) is 0 Å². The van der Waals surface area contributed by atoms with Crippen LogP contribution in [0, 0.1) is 0 Å². The molecule has 2 aliphatic heterocycles. The summed E-state index contributed by atoms with van der Waals surface area (Å²) in [6.45, 7) is 1.70. The third-order valence-corrected chi connectivity index (χ3v) is 2.80. The fourth-order valence-corrected chi connectivity index (χ4v) is 2.03. The normalized spacial score (nSPS) is 28.6. The zero-order valence-electron chi connectivity index (χ0n) is 7.50. The summed E-state index contributed by atoms with van der Waals surface area (Å²) in [6.07, 6.45) is 0.268.